The lowest BCUT2D eigenvalue weighted by Gasteiger charge is -2.20. The first-order chi connectivity index (χ1) is 14.9. The van der Waals surface area contributed by atoms with Gasteiger partial charge in [0, 0.05) is 13.1 Å². The van der Waals surface area contributed by atoms with Gasteiger partial charge in [0.15, 0.2) is 6.61 Å². The van der Waals surface area contributed by atoms with Crippen molar-refractivity contribution in [3.8, 4) is 10.7 Å². The third-order valence-corrected chi connectivity index (χ3v) is 8.13. The number of hydrogen-bond donors (Lipinski definition) is 0. The molecule has 0 bridgehead atoms. The first-order valence-corrected chi connectivity index (χ1v) is 12.5. The maximum atomic E-state index is 13.1. The molecule has 2 aromatic heterocycles. The quantitative estimate of drug-likeness (QED) is 0.481. The van der Waals surface area contributed by atoms with Gasteiger partial charge in [0.2, 0.25) is 15.8 Å². The largest absolute Gasteiger partial charge is 0.452 e. The van der Waals surface area contributed by atoms with Crippen LogP contribution in [0.2, 0.25) is 5.02 Å². The second-order valence-electron chi connectivity index (χ2n) is 7.03. The van der Waals surface area contributed by atoms with E-state index >= 15 is 0 Å². The fourth-order valence-corrected chi connectivity index (χ4v) is 5.95. The molecule has 0 atom stereocenters. The van der Waals surface area contributed by atoms with E-state index in [-0.39, 0.29) is 28.0 Å². The van der Waals surface area contributed by atoms with Crippen LogP contribution in [0.25, 0.3) is 10.7 Å². The van der Waals surface area contributed by atoms with E-state index in [1.165, 1.54) is 33.8 Å². The van der Waals surface area contributed by atoms with Gasteiger partial charge in [0.25, 0.3) is 5.89 Å². The van der Waals surface area contributed by atoms with Crippen LogP contribution < -0.4 is 0 Å². The fourth-order valence-electron chi connectivity index (χ4n) is 3.28. The smallest absolute Gasteiger partial charge is 0.338 e. The molecule has 0 unspecified atom stereocenters. The molecule has 31 heavy (non-hydrogen) atoms. The van der Waals surface area contributed by atoms with Gasteiger partial charge in [0.1, 0.15) is 4.90 Å². The first kappa shape index (κ1) is 21.9. The average molecular weight is 482 g/mol. The first-order valence-electron chi connectivity index (χ1n) is 9.78. The molecule has 3 aromatic rings. The molecule has 0 spiro atoms. The number of halogens is 1. The Morgan fingerprint density at radius 3 is 2.68 bits per heavy atom. The summed E-state index contributed by atoms with van der Waals surface area (Å²) < 4.78 is 37.9. The van der Waals surface area contributed by atoms with Crippen LogP contribution in [0.1, 0.15) is 41.9 Å². The number of hydrogen-bond acceptors (Lipinski definition) is 8. The van der Waals surface area contributed by atoms with E-state index in [0.29, 0.717) is 18.9 Å². The number of carbonyl (C=O) groups is 1. The van der Waals surface area contributed by atoms with Crippen LogP contribution in [0.5, 0.6) is 0 Å². The monoisotopic (exact) mass is 481 g/mol. The number of aromatic nitrogens is 2. The molecule has 164 valence electrons. The molecular weight excluding hydrogens is 462 g/mol. The molecule has 4 rings (SSSR count). The van der Waals surface area contributed by atoms with Gasteiger partial charge in [-0.1, -0.05) is 35.7 Å². The summed E-state index contributed by atoms with van der Waals surface area (Å²) in [7, 11) is -3.81. The molecule has 0 N–H and O–H groups in total. The van der Waals surface area contributed by atoms with Crippen molar-refractivity contribution in [3.63, 3.8) is 0 Å². The molecule has 0 radical (unpaired) electrons. The zero-order valence-electron chi connectivity index (χ0n) is 16.5. The Morgan fingerprint density at radius 2 is 1.97 bits per heavy atom. The Bertz CT molecular complexity index is 1150. The highest BCUT2D eigenvalue weighted by molar-refractivity contribution is 7.89. The summed E-state index contributed by atoms with van der Waals surface area (Å²) in [5, 5.41) is 5.82. The van der Waals surface area contributed by atoms with Crippen molar-refractivity contribution < 1.29 is 22.5 Å². The predicted molar refractivity (Wildman–Crippen MR) is 115 cm³/mol. The molecule has 1 aliphatic heterocycles. The number of benzene rings is 1. The summed E-state index contributed by atoms with van der Waals surface area (Å²) in [6.45, 7) is 0.655. The van der Waals surface area contributed by atoms with E-state index in [0.717, 1.165) is 30.6 Å². The van der Waals surface area contributed by atoms with Crippen LogP contribution in [-0.4, -0.2) is 41.9 Å². The van der Waals surface area contributed by atoms with E-state index < -0.39 is 16.0 Å². The molecule has 0 amide bonds. The number of nitrogens with zero attached hydrogens (tertiary/aromatic N) is 3. The number of ether oxygens (including phenoxy) is 1. The zero-order chi connectivity index (χ0) is 21.8. The third-order valence-electron chi connectivity index (χ3n) is 4.89. The van der Waals surface area contributed by atoms with Gasteiger partial charge in [-0.2, -0.15) is 9.29 Å². The summed E-state index contributed by atoms with van der Waals surface area (Å²) in [6.07, 6.45) is 3.60. The molecule has 0 aliphatic carbocycles. The summed E-state index contributed by atoms with van der Waals surface area (Å²) in [6, 6.07) is 7.80. The highest BCUT2D eigenvalue weighted by atomic mass is 35.5. The van der Waals surface area contributed by atoms with Crippen molar-refractivity contribution >= 4 is 38.9 Å². The van der Waals surface area contributed by atoms with E-state index in [4.69, 9.17) is 20.9 Å². The third kappa shape index (κ3) is 4.98. The Kier molecular flexibility index (Phi) is 6.71. The Labute approximate surface area is 188 Å². The topological polar surface area (TPSA) is 103 Å². The average Bonchev–Trinajstić information content (AvgIpc) is 3.38. The summed E-state index contributed by atoms with van der Waals surface area (Å²) in [5.41, 5.74) is 0.0794. The molecule has 1 saturated heterocycles. The minimum atomic E-state index is -3.81. The van der Waals surface area contributed by atoms with Crippen molar-refractivity contribution in [2.45, 2.75) is 37.2 Å². The summed E-state index contributed by atoms with van der Waals surface area (Å²) in [5.74, 6) is -0.152. The second kappa shape index (κ2) is 9.47. The lowest BCUT2D eigenvalue weighted by atomic mass is 10.2. The normalized spacial score (nSPS) is 15.5. The van der Waals surface area contributed by atoms with E-state index in [1.54, 1.807) is 0 Å². The maximum Gasteiger partial charge on any atom is 0.338 e. The van der Waals surface area contributed by atoms with E-state index in [2.05, 4.69) is 10.1 Å². The molecule has 0 saturated carbocycles. The minimum absolute atomic E-state index is 0.0679. The molecule has 1 aromatic carbocycles. The lowest BCUT2D eigenvalue weighted by Crippen LogP contribution is -2.32. The van der Waals surface area contributed by atoms with Gasteiger partial charge in [-0.15, -0.1) is 11.3 Å². The second-order valence-corrected chi connectivity index (χ2v) is 10.3. The van der Waals surface area contributed by atoms with Gasteiger partial charge >= 0.3 is 5.97 Å². The molecule has 1 fully saturated rings. The molecule has 3 heterocycles. The van der Waals surface area contributed by atoms with Gasteiger partial charge in [0.05, 0.1) is 15.5 Å². The molecular formula is C20H20ClN3O5S2. The number of rotatable bonds is 6. The minimum Gasteiger partial charge on any atom is -0.452 e. The van der Waals surface area contributed by atoms with Crippen LogP contribution in [-0.2, 0) is 21.4 Å². The highest BCUT2D eigenvalue weighted by Gasteiger charge is 2.28. The van der Waals surface area contributed by atoms with Crippen molar-refractivity contribution in [1.29, 1.82) is 0 Å². The maximum absolute atomic E-state index is 13.1. The molecule has 8 nitrogen and oxygen atoms in total. The van der Waals surface area contributed by atoms with E-state index in [9.17, 15) is 13.2 Å². The summed E-state index contributed by atoms with van der Waals surface area (Å²) in [4.78, 5) is 17.4. The van der Waals surface area contributed by atoms with Crippen LogP contribution >= 0.6 is 22.9 Å². The van der Waals surface area contributed by atoms with Crippen molar-refractivity contribution in [2.75, 3.05) is 13.1 Å². The van der Waals surface area contributed by atoms with Gasteiger partial charge < -0.3 is 9.26 Å². The van der Waals surface area contributed by atoms with Crippen LogP contribution in [0.4, 0.5) is 0 Å². The molecule has 1 aliphatic rings. The van der Waals surface area contributed by atoms with Crippen molar-refractivity contribution in [1.82, 2.24) is 14.4 Å². The Balaban J connectivity index is 1.48. The zero-order valence-corrected chi connectivity index (χ0v) is 18.9. The van der Waals surface area contributed by atoms with Gasteiger partial charge in [-0.3, -0.25) is 0 Å². The number of thiophene rings is 1. The molecule has 11 heteroatoms. The van der Waals surface area contributed by atoms with Crippen molar-refractivity contribution in [2.24, 2.45) is 0 Å². The Morgan fingerprint density at radius 1 is 1.19 bits per heavy atom. The van der Waals surface area contributed by atoms with Crippen LogP contribution in [0, 0.1) is 0 Å². The van der Waals surface area contributed by atoms with Crippen LogP contribution in [0.15, 0.2) is 45.1 Å². The SMILES string of the molecule is O=C(OCc1nc(-c2cccs2)no1)c1ccc(Cl)c(S(=O)(=O)N2CCCCCC2)c1. The summed E-state index contributed by atoms with van der Waals surface area (Å²) >= 11 is 7.64. The van der Waals surface area contributed by atoms with Crippen molar-refractivity contribution in [3.05, 3.63) is 52.2 Å². The predicted octanol–water partition coefficient (Wildman–Crippen LogP) is 4.37. The number of esters is 1. The number of sulfonamides is 1. The Hall–Kier alpha value is -2.27. The van der Waals surface area contributed by atoms with E-state index in [1.807, 2.05) is 17.5 Å². The van der Waals surface area contributed by atoms with Gasteiger partial charge in [-0.05, 0) is 42.5 Å². The highest BCUT2D eigenvalue weighted by Crippen LogP contribution is 2.28. The standard InChI is InChI=1S/C20H20ClN3O5S2/c21-15-8-7-14(12-17(15)31(26,27)24-9-3-1-2-4-10-24)20(25)28-13-18-22-19(23-29-18)16-6-5-11-30-16/h5-8,11-12H,1-4,9-10,13H2. The number of carbonyl (C=O) groups excluding carboxylic acids is 1. The fraction of sp³-hybridized carbons (Fsp3) is 0.350. The van der Waals surface area contributed by atoms with Gasteiger partial charge in [-0.25, -0.2) is 13.2 Å². The lowest BCUT2D eigenvalue weighted by molar-refractivity contribution is 0.0429. The van der Waals surface area contributed by atoms with Crippen LogP contribution in [0.3, 0.4) is 0 Å².